The van der Waals surface area contributed by atoms with Gasteiger partial charge in [0.15, 0.2) is 0 Å². The minimum atomic E-state index is 0.123. The van der Waals surface area contributed by atoms with E-state index in [-0.39, 0.29) is 5.91 Å². The number of carbonyl (C=O) groups is 1. The average molecular weight is 223 g/mol. The lowest BCUT2D eigenvalue weighted by molar-refractivity contribution is -0.128. The van der Waals surface area contributed by atoms with E-state index in [0.717, 1.165) is 12.1 Å². The predicted octanol–water partition coefficient (Wildman–Crippen LogP) is 3.40. The summed E-state index contributed by atoms with van der Waals surface area (Å²) in [5.74, 6) is 0.549. The molecule has 0 saturated carbocycles. The maximum atomic E-state index is 11.4. The van der Waals surface area contributed by atoms with Gasteiger partial charge in [-0.2, -0.15) is 0 Å². The Balaban J connectivity index is 4.92. The summed E-state index contributed by atoms with van der Waals surface area (Å²) in [5, 5.41) is 0. The van der Waals surface area contributed by atoms with Crippen LogP contribution in [0.2, 0.25) is 0 Å². The molecule has 16 heavy (non-hydrogen) atoms. The third-order valence-corrected chi connectivity index (χ3v) is 2.86. The third-order valence-electron chi connectivity index (χ3n) is 2.86. The molecule has 0 fully saturated rings. The Morgan fingerprint density at radius 3 is 2.00 bits per heavy atom. The van der Waals surface area contributed by atoms with Crippen molar-refractivity contribution in [3.8, 4) is 0 Å². The highest BCUT2D eigenvalue weighted by Gasteiger charge is 2.14. The van der Waals surface area contributed by atoms with E-state index in [1.54, 1.807) is 6.92 Å². The molecule has 0 spiro atoms. The van der Waals surface area contributed by atoms with Gasteiger partial charge in [-0.1, -0.05) is 26.0 Å². The Morgan fingerprint density at radius 2 is 1.75 bits per heavy atom. The molecule has 0 aliphatic carbocycles. The Kier molecular flexibility index (Phi) is 6.09. The van der Waals surface area contributed by atoms with Gasteiger partial charge in [0.2, 0.25) is 5.91 Å². The largest absolute Gasteiger partial charge is 0.339 e. The molecule has 2 heteroatoms. The minimum Gasteiger partial charge on any atom is -0.339 e. The number of hydrogen-bond donors (Lipinski definition) is 0. The molecular formula is C14H25NO. The highest BCUT2D eigenvalue weighted by molar-refractivity contribution is 5.73. The number of hydrogen-bond acceptors (Lipinski definition) is 1. The monoisotopic (exact) mass is 223 g/mol. The fourth-order valence-corrected chi connectivity index (χ4v) is 1.57. The summed E-state index contributed by atoms with van der Waals surface area (Å²) in [6.45, 7) is 17.6. The van der Waals surface area contributed by atoms with Crippen LogP contribution in [0.1, 0.15) is 41.5 Å². The predicted molar refractivity (Wildman–Crippen MR) is 70.3 cm³/mol. The van der Waals surface area contributed by atoms with Crippen LogP contribution in [0.4, 0.5) is 0 Å². The molecule has 1 amide bonds. The molecule has 0 atom stereocenters. The van der Waals surface area contributed by atoms with Crippen LogP contribution >= 0.6 is 0 Å². The second-order valence-electron chi connectivity index (χ2n) is 4.69. The summed E-state index contributed by atoms with van der Waals surface area (Å²) in [5.41, 5.74) is 3.60. The van der Waals surface area contributed by atoms with Crippen LogP contribution in [-0.2, 0) is 4.79 Å². The average Bonchev–Trinajstić information content (AvgIpc) is 2.17. The van der Waals surface area contributed by atoms with Crippen molar-refractivity contribution >= 4 is 5.91 Å². The smallest absolute Gasteiger partial charge is 0.219 e. The Hall–Kier alpha value is -1.05. The first kappa shape index (κ1) is 14.9. The van der Waals surface area contributed by atoms with Gasteiger partial charge < -0.3 is 4.90 Å². The number of amides is 1. The van der Waals surface area contributed by atoms with E-state index in [2.05, 4.69) is 34.3 Å². The highest BCUT2D eigenvalue weighted by Crippen LogP contribution is 2.21. The van der Waals surface area contributed by atoms with Crippen LogP contribution in [0.25, 0.3) is 0 Å². The van der Waals surface area contributed by atoms with Gasteiger partial charge in [-0.05, 0) is 37.8 Å². The van der Waals surface area contributed by atoms with Gasteiger partial charge in [0.1, 0.15) is 0 Å². The number of nitrogens with zero attached hydrogens (tertiary/aromatic N) is 1. The lowest BCUT2D eigenvalue weighted by Gasteiger charge is -2.24. The quantitative estimate of drug-likeness (QED) is 0.654. The molecule has 0 saturated heterocycles. The van der Waals surface area contributed by atoms with Gasteiger partial charge in [0, 0.05) is 20.0 Å². The summed E-state index contributed by atoms with van der Waals surface area (Å²) in [6, 6.07) is 0. The summed E-state index contributed by atoms with van der Waals surface area (Å²) in [4.78, 5) is 13.2. The normalized spacial score (nSPS) is 10.2. The van der Waals surface area contributed by atoms with Gasteiger partial charge in [-0.3, -0.25) is 4.79 Å². The standard InChI is InChI=1S/C14H25NO/c1-8-15(13(7)16)9-14(11(4)5)12(6)10(2)3/h10H,6,8-9H2,1-5,7H3. The second-order valence-corrected chi connectivity index (χ2v) is 4.69. The number of allylic oxidation sites excluding steroid dienone is 1. The van der Waals surface area contributed by atoms with Crippen molar-refractivity contribution in [1.82, 2.24) is 4.90 Å². The fraction of sp³-hybridized carbons (Fsp3) is 0.643. The summed E-state index contributed by atoms with van der Waals surface area (Å²) in [6.07, 6.45) is 0. The molecular weight excluding hydrogens is 198 g/mol. The summed E-state index contributed by atoms with van der Waals surface area (Å²) in [7, 11) is 0. The molecule has 92 valence electrons. The van der Waals surface area contributed by atoms with E-state index in [9.17, 15) is 4.79 Å². The molecule has 0 aromatic heterocycles. The number of likely N-dealkylation sites (N-methyl/N-ethyl adjacent to an activating group) is 1. The number of rotatable bonds is 5. The van der Waals surface area contributed by atoms with Gasteiger partial charge in [-0.15, -0.1) is 0 Å². The van der Waals surface area contributed by atoms with Crippen molar-refractivity contribution in [2.45, 2.75) is 41.5 Å². The van der Waals surface area contributed by atoms with Crippen molar-refractivity contribution in [1.29, 1.82) is 0 Å². The SMILES string of the molecule is C=C(C(CN(CC)C(C)=O)=C(C)C)C(C)C. The van der Waals surface area contributed by atoms with Crippen LogP contribution in [-0.4, -0.2) is 23.9 Å². The molecule has 0 radical (unpaired) electrons. The minimum absolute atomic E-state index is 0.123. The van der Waals surface area contributed by atoms with E-state index in [1.807, 2.05) is 11.8 Å². The molecule has 0 aromatic carbocycles. The van der Waals surface area contributed by atoms with E-state index < -0.39 is 0 Å². The Labute approximate surface area is 100 Å². The van der Waals surface area contributed by atoms with E-state index in [4.69, 9.17) is 0 Å². The molecule has 0 unspecified atom stereocenters. The topological polar surface area (TPSA) is 20.3 Å². The maximum Gasteiger partial charge on any atom is 0.219 e. The van der Waals surface area contributed by atoms with Crippen molar-refractivity contribution < 1.29 is 4.79 Å². The zero-order valence-corrected chi connectivity index (χ0v) is 11.6. The molecule has 0 rings (SSSR count). The molecule has 2 nitrogen and oxygen atoms in total. The summed E-state index contributed by atoms with van der Waals surface area (Å²) >= 11 is 0. The Morgan fingerprint density at radius 1 is 1.25 bits per heavy atom. The first-order valence-corrected chi connectivity index (χ1v) is 5.92. The Bertz CT molecular complexity index is 296. The molecule has 0 aromatic rings. The summed E-state index contributed by atoms with van der Waals surface area (Å²) < 4.78 is 0. The molecule has 0 aliphatic heterocycles. The highest BCUT2D eigenvalue weighted by atomic mass is 16.2. The third kappa shape index (κ3) is 4.21. The first-order chi connectivity index (χ1) is 7.31. The van der Waals surface area contributed by atoms with Crippen molar-refractivity contribution in [3.63, 3.8) is 0 Å². The molecule has 0 bridgehead atoms. The van der Waals surface area contributed by atoms with Gasteiger partial charge in [0.05, 0.1) is 0 Å². The van der Waals surface area contributed by atoms with Crippen molar-refractivity contribution in [2.75, 3.05) is 13.1 Å². The zero-order valence-electron chi connectivity index (χ0n) is 11.6. The van der Waals surface area contributed by atoms with Crippen LogP contribution < -0.4 is 0 Å². The van der Waals surface area contributed by atoms with Crippen LogP contribution in [0.5, 0.6) is 0 Å². The van der Waals surface area contributed by atoms with Crippen molar-refractivity contribution in [3.05, 3.63) is 23.3 Å². The van der Waals surface area contributed by atoms with E-state index in [1.165, 1.54) is 11.1 Å². The lowest BCUT2D eigenvalue weighted by atomic mass is 9.93. The van der Waals surface area contributed by atoms with E-state index in [0.29, 0.717) is 12.5 Å². The van der Waals surface area contributed by atoms with Gasteiger partial charge in [0.25, 0.3) is 0 Å². The van der Waals surface area contributed by atoms with Crippen LogP contribution in [0.3, 0.4) is 0 Å². The second kappa shape index (κ2) is 6.51. The fourth-order valence-electron chi connectivity index (χ4n) is 1.57. The number of carbonyl (C=O) groups excluding carboxylic acids is 1. The van der Waals surface area contributed by atoms with Gasteiger partial charge in [-0.25, -0.2) is 0 Å². The van der Waals surface area contributed by atoms with Crippen LogP contribution in [0, 0.1) is 5.92 Å². The molecule has 0 N–H and O–H groups in total. The first-order valence-electron chi connectivity index (χ1n) is 5.92. The maximum absolute atomic E-state index is 11.4. The van der Waals surface area contributed by atoms with E-state index >= 15 is 0 Å². The zero-order chi connectivity index (χ0) is 12.9. The lowest BCUT2D eigenvalue weighted by Crippen LogP contribution is -2.31. The molecule has 0 aliphatic rings. The van der Waals surface area contributed by atoms with Crippen molar-refractivity contribution in [2.24, 2.45) is 5.92 Å². The van der Waals surface area contributed by atoms with Gasteiger partial charge >= 0.3 is 0 Å². The molecule has 0 heterocycles. The van der Waals surface area contributed by atoms with Crippen LogP contribution in [0.15, 0.2) is 23.3 Å².